The van der Waals surface area contributed by atoms with Crippen molar-refractivity contribution < 1.29 is 0 Å². The second-order valence-electron chi connectivity index (χ2n) is 4.47. The number of rotatable bonds is 4. The van der Waals surface area contributed by atoms with E-state index in [0.717, 1.165) is 5.56 Å². The van der Waals surface area contributed by atoms with Crippen molar-refractivity contribution in [3.8, 4) is 0 Å². The minimum atomic E-state index is 1.16. The molecule has 94 valence electrons. The molecular weight excluding hydrogens is 228 g/mol. The fourth-order valence-electron chi connectivity index (χ4n) is 1.93. The van der Waals surface area contributed by atoms with Gasteiger partial charge in [0.1, 0.15) is 0 Å². The molecule has 0 N–H and O–H groups in total. The van der Waals surface area contributed by atoms with Crippen molar-refractivity contribution in [3.05, 3.63) is 89.5 Å². The quantitative estimate of drug-likeness (QED) is 0.629. The van der Waals surface area contributed by atoms with Crippen LogP contribution < -0.4 is 0 Å². The Kier molecular flexibility index (Phi) is 4.52. The summed E-state index contributed by atoms with van der Waals surface area (Å²) in [6.07, 6.45) is 8.32. The maximum Gasteiger partial charge on any atom is -0.0184 e. The highest BCUT2D eigenvalue weighted by Gasteiger charge is 1.93. The van der Waals surface area contributed by atoms with Crippen molar-refractivity contribution in [3.63, 3.8) is 0 Å². The highest BCUT2D eigenvalue weighted by atomic mass is 14.0. The van der Waals surface area contributed by atoms with Gasteiger partial charge in [0.25, 0.3) is 0 Å². The monoisotopic (exact) mass is 246 g/mol. The molecular formula is C19H18. The Bertz CT molecular complexity index is 601. The van der Waals surface area contributed by atoms with Crippen molar-refractivity contribution in [1.82, 2.24) is 0 Å². The molecule has 0 saturated carbocycles. The third kappa shape index (κ3) is 3.82. The average molecular weight is 246 g/mol. The lowest BCUT2D eigenvalue weighted by Crippen LogP contribution is -1.79. The Morgan fingerprint density at radius 3 is 2.21 bits per heavy atom. The first-order valence-corrected chi connectivity index (χ1v) is 6.42. The van der Waals surface area contributed by atoms with Crippen molar-refractivity contribution in [2.24, 2.45) is 0 Å². The van der Waals surface area contributed by atoms with Crippen LogP contribution in [0.1, 0.15) is 23.6 Å². The summed E-state index contributed by atoms with van der Waals surface area (Å²) < 4.78 is 0. The lowest BCUT2D eigenvalue weighted by molar-refractivity contribution is 1.54. The summed E-state index contributed by atoms with van der Waals surface area (Å²) in [6, 6.07) is 18.6. The van der Waals surface area contributed by atoms with Crippen LogP contribution in [-0.4, -0.2) is 0 Å². The summed E-state index contributed by atoms with van der Waals surface area (Å²) in [5.41, 5.74) is 4.80. The standard InChI is InChI=1S/C19H18/c1-3-18-11-7-8-12-19(18)14-13-16(2)15-17-9-5-4-6-10-17/h3-15H,1H2,2H3/b14-13-,16-15+. The molecule has 0 aromatic heterocycles. The molecule has 0 amide bonds. The molecule has 0 heteroatoms. The van der Waals surface area contributed by atoms with E-state index in [9.17, 15) is 0 Å². The molecule has 2 aromatic carbocycles. The van der Waals surface area contributed by atoms with E-state index >= 15 is 0 Å². The van der Waals surface area contributed by atoms with Crippen LogP contribution in [0.3, 0.4) is 0 Å². The van der Waals surface area contributed by atoms with Gasteiger partial charge in [0.05, 0.1) is 0 Å². The van der Waals surface area contributed by atoms with Crippen LogP contribution in [0.2, 0.25) is 0 Å². The molecule has 0 unspecified atom stereocenters. The molecule has 0 bridgehead atoms. The Balaban J connectivity index is 2.18. The number of hydrogen-bond acceptors (Lipinski definition) is 0. The Hall–Kier alpha value is -2.34. The van der Waals surface area contributed by atoms with E-state index in [0.29, 0.717) is 0 Å². The first kappa shape index (κ1) is 13.1. The molecule has 2 aromatic rings. The SMILES string of the molecule is C=Cc1ccccc1/C=C\C(C)=C\c1ccccc1. The van der Waals surface area contributed by atoms with Crippen LogP contribution in [0.15, 0.2) is 72.8 Å². The highest BCUT2D eigenvalue weighted by Crippen LogP contribution is 2.14. The zero-order valence-electron chi connectivity index (χ0n) is 11.2. The van der Waals surface area contributed by atoms with E-state index in [1.165, 1.54) is 16.7 Å². The predicted octanol–water partition coefficient (Wildman–Crippen LogP) is 5.45. The number of benzene rings is 2. The van der Waals surface area contributed by atoms with Gasteiger partial charge in [-0.15, -0.1) is 0 Å². The normalized spacial score (nSPS) is 11.7. The minimum Gasteiger partial charge on any atom is -0.0984 e. The maximum absolute atomic E-state index is 3.84. The zero-order chi connectivity index (χ0) is 13.5. The van der Waals surface area contributed by atoms with Crippen LogP contribution in [0.4, 0.5) is 0 Å². The largest absolute Gasteiger partial charge is 0.0984 e. The van der Waals surface area contributed by atoms with Gasteiger partial charge in [0.15, 0.2) is 0 Å². The van der Waals surface area contributed by atoms with E-state index in [2.05, 4.69) is 68.1 Å². The second kappa shape index (κ2) is 6.55. The lowest BCUT2D eigenvalue weighted by Gasteiger charge is -2.00. The number of hydrogen-bond donors (Lipinski definition) is 0. The molecule has 0 nitrogen and oxygen atoms in total. The van der Waals surface area contributed by atoms with Crippen molar-refractivity contribution >= 4 is 18.2 Å². The van der Waals surface area contributed by atoms with Crippen LogP contribution in [0, 0.1) is 0 Å². The van der Waals surface area contributed by atoms with Gasteiger partial charge in [0.2, 0.25) is 0 Å². The topological polar surface area (TPSA) is 0 Å². The summed E-state index contributed by atoms with van der Waals surface area (Å²) in [5, 5.41) is 0. The molecule has 0 heterocycles. The van der Waals surface area contributed by atoms with Gasteiger partial charge >= 0.3 is 0 Å². The Labute approximate surface area is 115 Å². The van der Waals surface area contributed by atoms with Crippen LogP contribution in [0.5, 0.6) is 0 Å². The summed E-state index contributed by atoms with van der Waals surface area (Å²) >= 11 is 0. The first-order valence-electron chi connectivity index (χ1n) is 6.42. The Morgan fingerprint density at radius 2 is 1.53 bits per heavy atom. The minimum absolute atomic E-state index is 1.16. The molecule has 19 heavy (non-hydrogen) atoms. The third-order valence-electron chi connectivity index (χ3n) is 2.94. The molecule has 0 atom stereocenters. The Morgan fingerprint density at radius 1 is 0.895 bits per heavy atom. The van der Waals surface area contributed by atoms with E-state index in [1.54, 1.807) is 0 Å². The van der Waals surface area contributed by atoms with Gasteiger partial charge in [-0.05, 0) is 23.6 Å². The van der Waals surface area contributed by atoms with Gasteiger partial charge in [-0.3, -0.25) is 0 Å². The smallest absolute Gasteiger partial charge is 0.0184 e. The van der Waals surface area contributed by atoms with Gasteiger partial charge in [-0.1, -0.05) is 91.1 Å². The fourth-order valence-corrected chi connectivity index (χ4v) is 1.93. The molecule has 0 fully saturated rings. The van der Waals surface area contributed by atoms with Crippen LogP contribution >= 0.6 is 0 Å². The average Bonchev–Trinajstić information content (AvgIpc) is 2.46. The lowest BCUT2D eigenvalue weighted by atomic mass is 10.1. The molecule has 0 aliphatic carbocycles. The molecule has 0 spiro atoms. The molecule has 0 aliphatic heterocycles. The zero-order valence-corrected chi connectivity index (χ0v) is 11.2. The summed E-state index contributed by atoms with van der Waals surface area (Å²) in [5.74, 6) is 0. The van der Waals surface area contributed by atoms with Gasteiger partial charge < -0.3 is 0 Å². The molecule has 2 rings (SSSR count). The van der Waals surface area contributed by atoms with Gasteiger partial charge in [-0.2, -0.15) is 0 Å². The van der Waals surface area contributed by atoms with Crippen LogP contribution in [-0.2, 0) is 0 Å². The highest BCUT2D eigenvalue weighted by molar-refractivity contribution is 5.67. The summed E-state index contributed by atoms with van der Waals surface area (Å²) in [7, 11) is 0. The van der Waals surface area contributed by atoms with Crippen molar-refractivity contribution in [2.45, 2.75) is 6.92 Å². The van der Waals surface area contributed by atoms with Crippen molar-refractivity contribution in [1.29, 1.82) is 0 Å². The van der Waals surface area contributed by atoms with E-state index < -0.39 is 0 Å². The first-order chi connectivity index (χ1) is 9.29. The van der Waals surface area contributed by atoms with Gasteiger partial charge in [-0.25, -0.2) is 0 Å². The fraction of sp³-hybridized carbons (Fsp3) is 0.0526. The number of allylic oxidation sites excluding steroid dienone is 2. The third-order valence-corrected chi connectivity index (χ3v) is 2.94. The van der Waals surface area contributed by atoms with E-state index in [4.69, 9.17) is 0 Å². The maximum atomic E-state index is 3.84. The molecule has 0 aliphatic rings. The molecule has 0 radical (unpaired) electrons. The van der Waals surface area contributed by atoms with E-state index in [-0.39, 0.29) is 0 Å². The van der Waals surface area contributed by atoms with Crippen LogP contribution in [0.25, 0.3) is 18.2 Å². The molecule has 0 saturated heterocycles. The van der Waals surface area contributed by atoms with E-state index in [1.807, 2.05) is 24.3 Å². The predicted molar refractivity (Wildman–Crippen MR) is 85.7 cm³/mol. The van der Waals surface area contributed by atoms with Crippen molar-refractivity contribution in [2.75, 3.05) is 0 Å². The second-order valence-corrected chi connectivity index (χ2v) is 4.47. The summed E-state index contributed by atoms with van der Waals surface area (Å²) in [6.45, 7) is 5.95. The summed E-state index contributed by atoms with van der Waals surface area (Å²) in [4.78, 5) is 0. The van der Waals surface area contributed by atoms with Gasteiger partial charge in [0, 0.05) is 0 Å².